The van der Waals surface area contributed by atoms with E-state index in [1.54, 1.807) is 24.3 Å². The minimum Gasteiger partial charge on any atom is -0.494 e. The van der Waals surface area contributed by atoms with Gasteiger partial charge in [0.2, 0.25) is 10.0 Å². The Morgan fingerprint density at radius 1 is 0.800 bits per heavy atom. The zero-order valence-electron chi connectivity index (χ0n) is 14.2. The summed E-state index contributed by atoms with van der Waals surface area (Å²) in [4.78, 5) is 0. The molecule has 0 bridgehead atoms. The SMILES string of the molecule is CCOc1ccc(OCCNS(=O)(=O)CCOc2ccccc2)cc1. The Morgan fingerprint density at radius 2 is 1.36 bits per heavy atom. The molecule has 2 aromatic carbocycles. The van der Waals surface area contributed by atoms with Crippen molar-refractivity contribution in [2.24, 2.45) is 0 Å². The van der Waals surface area contributed by atoms with Crippen molar-refractivity contribution in [1.82, 2.24) is 4.72 Å². The lowest BCUT2D eigenvalue weighted by Gasteiger charge is -2.10. The summed E-state index contributed by atoms with van der Waals surface area (Å²) in [5.41, 5.74) is 0. The van der Waals surface area contributed by atoms with Crippen LogP contribution in [0.15, 0.2) is 54.6 Å². The molecule has 0 aromatic heterocycles. The summed E-state index contributed by atoms with van der Waals surface area (Å²) in [5.74, 6) is 1.98. The van der Waals surface area contributed by atoms with E-state index >= 15 is 0 Å². The lowest BCUT2D eigenvalue weighted by atomic mass is 10.3. The van der Waals surface area contributed by atoms with Crippen LogP contribution in [0.4, 0.5) is 0 Å². The van der Waals surface area contributed by atoms with Crippen LogP contribution < -0.4 is 18.9 Å². The van der Waals surface area contributed by atoms with Gasteiger partial charge in [0, 0.05) is 6.54 Å². The lowest BCUT2D eigenvalue weighted by Crippen LogP contribution is -2.32. The Morgan fingerprint density at radius 3 is 2.00 bits per heavy atom. The zero-order chi connectivity index (χ0) is 18.0. The molecule has 0 fully saturated rings. The Balaban J connectivity index is 1.64. The van der Waals surface area contributed by atoms with Crippen LogP contribution in [0, 0.1) is 0 Å². The van der Waals surface area contributed by atoms with Crippen LogP contribution in [0.1, 0.15) is 6.92 Å². The minimum absolute atomic E-state index is 0.0963. The molecule has 0 spiro atoms. The third kappa shape index (κ3) is 7.45. The highest BCUT2D eigenvalue weighted by Crippen LogP contribution is 2.17. The summed E-state index contributed by atoms with van der Waals surface area (Å²) in [5, 5.41) is 0. The summed E-state index contributed by atoms with van der Waals surface area (Å²) >= 11 is 0. The van der Waals surface area contributed by atoms with Gasteiger partial charge in [-0.25, -0.2) is 13.1 Å². The molecule has 0 aliphatic heterocycles. The summed E-state index contributed by atoms with van der Waals surface area (Å²) in [6.07, 6.45) is 0. The number of nitrogens with one attached hydrogen (secondary N) is 1. The molecule has 1 N–H and O–H groups in total. The van der Waals surface area contributed by atoms with Gasteiger partial charge < -0.3 is 14.2 Å². The minimum atomic E-state index is -3.40. The van der Waals surface area contributed by atoms with E-state index in [0.29, 0.717) is 18.1 Å². The largest absolute Gasteiger partial charge is 0.494 e. The molecule has 0 radical (unpaired) electrons. The zero-order valence-corrected chi connectivity index (χ0v) is 15.0. The van der Waals surface area contributed by atoms with Gasteiger partial charge in [-0.15, -0.1) is 0 Å². The smallest absolute Gasteiger partial charge is 0.215 e. The van der Waals surface area contributed by atoms with Crippen LogP contribution in [0.25, 0.3) is 0 Å². The van der Waals surface area contributed by atoms with Gasteiger partial charge in [-0.05, 0) is 43.3 Å². The Hall–Kier alpha value is -2.25. The van der Waals surface area contributed by atoms with Gasteiger partial charge in [0.25, 0.3) is 0 Å². The Bertz CT molecular complexity index is 717. The second-order valence-corrected chi connectivity index (χ2v) is 7.05. The van der Waals surface area contributed by atoms with Gasteiger partial charge in [-0.2, -0.15) is 0 Å². The molecule has 2 aromatic rings. The highest BCUT2D eigenvalue weighted by Gasteiger charge is 2.10. The molecule has 0 aliphatic rings. The van der Waals surface area contributed by atoms with Crippen molar-refractivity contribution in [3.05, 3.63) is 54.6 Å². The molecule has 0 saturated carbocycles. The molecule has 7 heteroatoms. The normalized spacial score (nSPS) is 11.1. The van der Waals surface area contributed by atoms with E-state index in [4.69, 9.17) is 14.2 Å². The fourth-order valence-corrected chi connectivity index (χ4v) is 2.86. The van der Waals surface area contributed by atoms with Crippen molar-refractivity contribution < 1.29 is 22.6 Å². The Labute approximate surface area is 148 Å². The van der Waals surface area contributed by atoms with E-state index < -0.39 is 10.0 Å². The molecule has 2 rings (SSSR count). The van der Waals surface area contributed by atoms with Gasteiger partial charge in [0.05, 0.1) is 12.4 Å². The summed E-state index contributed by atoms with van der Waals surface area (Å²) in [7, 11) is -3.40. The number of ether oxygens (including phenoxy) is 3. The van der Waals surface area contributed by atoms with Crippen LogP contribution in [-0.2, 0) is 10.0 Å². The van der Waals surface area contributed by atoms with Gasteiger partial charge >= 0.3 is 0 Å². The Kier molecular flexibility index (Phi) is 7.56. The standard InChI is InChI=1S/C18H23NO5S/c1-2-22-17-8-10-18(11-9-17)23-13-12-19-25(20,21)15-14-24-16-6-4-3-5-7-16/h3-11,19H,2,12-15H2,1H3. The van der Waals surface area contributed by atoms with Gasteiger partial charge in [-0.3, -0.25) is 0 Å². The quantitative estimate of drug-likeness (QED) is 0.619. The van der Waals surface area contributed by atoms with E-state index in [-0.39, 0.29) is 25.5 Å². The van der Waals surface area contributed by atoms with Gasteiger partial charge in [0.1, 0.15) is 30.5 Å². The van der Waals surface area contributed by atoms with Crippen LogP contribution in [0.5, 0.6) is 17.2 Å². The molecule has 0 saturated heterocycles. The van der Waals surface area contributed by atoms with Crippen molar-refractivity contribution in [1.29, 1.82) is 0 Å². The predicted molar refractivity (Wildman–Crippen MR) is 96.8 cm³/mol. The van der Waals surface area contributed by atoms with E-state index in [9.17, 15) is 8.42 Å². The maximum Gasteiger partial charge on any atom is 0.215 e. The first-order chi connectivity index (χ1) is 12.1. The molecule has 0 unspecified atom stereocenters. The van der Waals surface area contributed by atoms with Gasteiger partial charge in [-0.1, -0.05) is 18.2 Å². The van der Waals surface area contributed by atoms with E-state index in [1.165, 1.54) is 0 Å². The van der Waals surface area contributed by atoms with E-state index in [1.807, 2.05) is 37.3 Å². The summed E-state index contributed by atoms with van der Waals surface area (Å²) in [6, 6.07) is 16.3. The number of hydrogen-bond acceptors (Lipinski definition) is 5. The fourth-order valence-electron chi connectivity index (χ4n) is 2.02. The van der Waals surface area contributed by atoms with Crippen molar-refractivity contribution >= 4 is 10.0 Å². The number of hydrogen-bond donors (Lipinski definition) is 1. The fraction of sp³-hybridized carbons (Fsp3) is 0.333. The molecule has 0 heterocycles. The topological polar surface area (TPSA) is 73.9 Å². The van der Waals surface area contributed by atoms with Crippen LogP contribution >= 0.6 is 0 Å². The molecular formula is C18H23NO5S. The molecule has 0 amide bonds. The molecule has 6 nitrogen and oxygen atoms in total. The first kappa shape index (κ1) is 19.1. The summed E-state index contributed by atoms with van der Waals surface area (Å²) < 4.78 is 42.5. The van der Waals surface area contributed by atoms with Gasteiger partial charge in [0.15, 0.2) is 0 Å². The van der Waals surface area contributed by atoms with Crippen LogP contribution in [0.3, 0.4) is 0 Å². The third-order valence-electron chi connectivity index (χ3n) is 3.19. The molecule has 0 aliphatic carbocycles. The van der Waals surface area contributed by atoms with Crippen molar-refractivity contribution in [2.75, 3.05) is 32.1 Å². The van der Waals surface area contributed by atoms with E-state index in [0.717, 1.165) is 5.75 Å². The van der Waals surface area contributed by atoms with Crippen LogP contribution in [-0.4, -0.2) is 40.5 Å². The van der Waals surface area contributed by atoms with Crippen LogP contribution in [0.2, 0.25) is 0 Å². The molecule has 136 valence electrons. The highest BCUT2D eigenvalue weighted by molar-refractivity contribution is 7.89. The number of para-hydroxylation sites is 1. The number of benzene rings is 2. The average molecular weight is 365 g/mol. The first-order valence-electron chi connectivity index (χ1n) is 8.10. The second-order valence-electron chi connectivity index (χ2n) is 5.13. The van der Waals surface area contributed by atoms with Crippen molar-refractivity contribution in [3.63, 3.8) is 0 Å². The first-order valence-corrected chi connectivity index (χ1v) is 9.75. The monoisotopic (exact) mass is 365 g/mol. The second kappa shape index (κ2) is 9.90. The average Bonchev–Trinajstić information content (AvgIpc) is 2.61. The third-order valence-corrected chi connectivity index (χ3v) is 4.54. The molecule has 25 heavy (non-hydrogen) atoms. The lowest BCUT2D eigenvalue weighted by molar-refractivity contribution is 0.318. The predicted octanol–water partition coefficient (Wildman–Crippen LogP) is 2.46. The maximum atomic E-state index is 11.9. The van der Waals surface area contributed by atoms with Crippen molar-refractivity contribution in [2.45, 2.75) is 6.92 Å². The molecule has 0 atom stereocenters. The highest BCUT2D eigenvalue weighted by atomic mass is 32.2. The maximum absolute atomic E-state index is 11.9. The van der Waals surface area contributed by atoms with E-state index in [2.05, 4.69) is 4.72 Å². The number of sulfonamides is 1. The van der Waals surface area contributed by atoms with Crippen molar-refractivity contribution in [3.8, 4) is 17.2 Å². The number of rotatable bonds is 11. The summed E-state index contributed by atoms with van der Waals surface area (Å²) in [6.45, 7) is 3.06. The molecular weight excluding hydrogens is 342 g/mol.